The summed E-state index contributed by atoms with van der Waals surface area (Å²) in [6.07, 6.45) is 0. The van der Waals surface area contributed by atoms with Crippen LogP contribution in [0.3, 0.4) is 0 Å². The van der Waals surface area contributed by atoms with E-state index in [0.717, 1.165) is 112 Å². The smallest absolute Gasteiger partial charge is 0.171 e. The van der Waals surface area contributed by atoms with Crippen LogP contribution in [0.25, 0.3) is 120 Å². The third-order valence-electron chi connectivity index (χ3n) is 17.2. The highest BCUT2D eigenvalue weighted by Crippen LogP contribution is 2.49. The summed E-state index contributed by atoms with van der Waals surface area (Å²) in [7, 11) is -6.45. The topological polar surface area (TPSA) is 111 Å². The van der Waals surface area contributed by atoms with Crippen molar-refractivity contribution in [2.24, 2.45) is 0 Å². The zero-order chi connectivity index (χ0) is 64.4. The van der Waals surface area contributed by atoms with Crippen molar-refractivity contribution in [3.63, 3.8) is 0 Å². The quantitative estimate of drug-likeness (QED) is 0.105. The van der Waals surface area contributed by atoms with Crippen molar-refractivity contribution in [1.29, 1.82) is 0 Å². The van der Waals surface area contributed by atoms with E-state index in [1.165, 1.54) is 4.70 Å². The van der Waals surface area contributed by atoms with Crippen LogP contribution in [0, 0.1) is 0 Å². The number of fused-ring (bicyclic) bond motifs is 6. The lowest BCUT2D eigenvalue weighted by atomic mass is 9.98. The summed E-state index contributed by atoms with van der Waals surface area (Å²) in [4.78, 5) is 30.4. The van der Waals surface area contributed by atoms with E-state index < -0.39 is 14.3 Å². The van der Waals surface area contributed by atoms with Crippen LogP contribution in [0.2, 0.25) is 0 Å². The van der Waals surface area contributed by atoms with Gasteiger partial charge in [-0.05, 0) is 53.6 Å². The molecule has 0 aliphatic rings. The Balaban J connectivity index is 0.000000152. The molecule has 8 nitrogen and oxygen atoms in total. The Morgan fingerprint density at radius 3 is 0.885 bits per heavy atom. The Labute approximate surface area is 563 Å². The first-order valence-electron chi connectivity index (χ1n) is 31.5. The first-order valence-corrected chi connectivity index (χ1v) is 36.6. The van der Waals surface area contributed by atoms with Gasteiger partial charge in [0.1, 0.15) is 0 Å². The highest BCUT2D eigenvalue weighted by Gasteiger charge is 2.33. The van der Waals surface area contributed by atoms with Crippen molar-refractivity contribution in [1.82, 2.24) is 29.9 Å². The van der Waals surface area contributed by atoms with E-state index in [1.54, 1.807) is 22.7 Å². The van der Waals surface area contributed by atoms with Crippen molar-refractivity contribution in [3.8, 4) is 79.5 Å². The first kappa shape index (κ1) is 59.8. The molecule has 12 heteroatoms. The molecule has 0 spiro atoms. The van der Waals surface area contributed by atoms with Crippen molar-refractivity contribution in [2.45, 2.75) is 0 Å². The Morgan fingerprint density at radius 2 is 0.500 bits per heavy atom. The van der Waals surface area contributed by atoms with Gasteiger partial charge >= 0.3 is 0 Å². The van der Waals surface area contributed by atoms with Crippen molar-refractivity contribution < 1.29 is 9.13 Å². The third-order valence-corrected chi connectivity index (χ3v) is 25.5. The molecule has 0 saturated carbocycles. The molecule has 0 unspecified atom stereocenters. The number of benzene rings is 13. The maximum absolute atomic E-state index is 15.6. The molecule has 0 atom stereocenters. The number of hydrogen-bond donors (Lipinski definition) is 0. The van der Waals surface area contributed by atoms with E-state index in [-0.39, 0.29) is 0 Å². The summed E-state index contributed by atoms with van der Waals surface area (Å²) >= 11 is 3.46. The molecule has 17 aromatic rings. The molecule has 0 amide bonds. The SMILES string of the molecule is O=P(c1ccccc1)(c1ccccc1)c1cc(-c2nc(-c3ccccc3)nc(-c3ccccc3)n2)c2c(c1)sc1ccccc12.O=P(c1ccccc1)(c1ccccc1)c1cccc(-c2cc(-c3nc(-c4ccccc4)nc(-c4ccccc4)n3)c3c(c2)sc2ccccc23)c1. The molecule has 13 aromatic carbocycles. The molecule has 0 fully saturated rings. The van der Waals surface area contributed by atoms with E-state index in [9.17, 15) is 0 Å². The average molecular weight is 1310 g/mol. The molecular formula is C84H56N6O2P2S2. The van der Waals surface area contributed by atoms with Gasteiger partial charge in [-0.15, -0.1) is 22.7 Å². The molecule has 0 N–H and O–H groups in total. The number of rotatable bonds is 13. The fourth-order valence-electron chi connectivity index (χ4n) is 12.6. The second-order valence-corrected chi connectivity index (χ2v) is 30.9. The van der Waals surface area contributed by atoms with Gasteiger partial charge in [-0.2, -0.15) is 0 Å². The maximum atomic E-state index is 15.6. The molecular weight excluding hydrogens is 1250 g/mol. The molecule has 96 heavy (non-hydrogen) atoms. The normalized spacial score (nSPS) is 11.6. The van der Waals surface area contributed by atoms with Crippen LogP contribution in [-0.4, -0.2) is 29.9 Å². The van der Waals surface area contributed by atoms with Gasteiger partial charge in [-0.25, -0.2) is 29.9 Å². The number of thiophene rings is 2. The largest absolute Gasteiger partial charge is 0.309 e. The third kappa shape index (κ3) is 11.4. The van der Waals surface area contributed by atoms with Crippen molar-refractivity contribution >= 4 is 109 Å². The Morgan fingerprint density at radius 1 is 0.208 bits per heavy atom. The molecule has 0 saturated heterocycles. The van der Waals surface area contributed by atoms with Gasteiger partial charge in [0.2, 0.25) is 0 Å². The van der Waals surface area contributed by atoms with E-state index in [0.29, 0.717) is 34.9 Å². The summed E-state index contributed by atoms with van der Waals surface area (Å²) in [5.74, 6) is 3.57. The Kier molecular flexibility index (Phi) is 16.1. The molecule has 456 valence electrons. The number of aromatic nitrogens is 6. The molecule has 0 aliphatic heterocycles. The lowest BCUT2D eigenvalue weighted by molar-refractivity contribution is 0.591. The summed E-state index contributed by atoms with van der Waals surface area (Å²) in [5, 5.41) is 9.16. The molecule has 4 heterocycles. The number of nitrogens with zero attached hydrogens (tertiary/aromatic N) is 6. The summed E-state index contributed by atoms with van der Waals surface area (Å²) in [6, 6.07) is 113. The van der Waals surface area contributed by atoms with Crippen LogP contribution in [0.5, 0.6) is 0 Å². The summed E-state index contributed by atoms with van der Waals surface area (Å²) in [6.45, 7) is 0. The molecule has 17 rings (SSSR count). The lowest BCUT2D eigenvalue weighted by Crippen LogP contribution is -2.25. The van der Waals surface area contributed by atoms with Gasteiger partial charge in [0, 0.05) is 106 Å². The maximum Gasteiger partial charge on any atom is 0.171 e. The van der Waals surface area contributed by atoms with Crippen molar-refractivity contribution in [2.75, 3.05) is 0 Å². The Bertz CT molecular complexity index is 5570. The van der Waals surface area contributed by atoms with E-state index in [4.69, 9.17) is 29.9 Å². The van der Waals surface area contributed by atoms with E-state index in [2.05, 4.69) is 84.9 Å². The number of hydrogen-bond acceptors (Lipinski definition) is 10. The minimum Gasteiger partial charge on any atom is -0.309 e. The summed E-state index contributed by atoms with van der Waals surface area (Å²) in [5.41, 5.74) is 7.39. The van der Waals surface area contributed by atoms with Crippen LogP contribution < -0.4 is 31.8 Å². The van der Waals surface area contributed by atoms with Crippen LogP contribution in [0.15, 0.2) is 340 Å². The van der Waals surface area contributed by atoms with E-state index in [1.807, 2.05) is 255 Å². The van der Waals surface area contributed by atoms with Crippen LogP contribution >= 0.6 is 37.0 Å². The average Bonchev–Trinajstić information content (AvgIpc) is 1.44. The van der Waals surface area contributed by atoms with Gasteiger partial charge in [-0.3, -0.25) is 0 Å². The van der Waals surface area contributed by atoms with Gasteiger partial charge in [0.05, 0.1) is 0 Å². The Hall–Kier alpha value is -11.2. The fourth-order valence-corrected chi connectivity index (χ4v) is 20.4. The second kappa shape index (κ2) is 25.9. The predicted octanol–water partition coefficient (Wildman–Crippen LogP) is 19.4. The summed E-state index contributed by atoms with van der Waals surface area (Å²) < 4.78 is 35.4. The van der Waals surface area contributed by atoms with Gasteiger partial charge in [0.25, 0.3) is 0 Å². The standard InChI is InChI=1S/C45H30N3OPS.C39H26N3OPS/c49-50(35-21-9-3-10-22-35,36-23-11-4-12-24-36)37-25-15-20-33(28-37)34-29-39(42-38-26-13-14-27-40(38)51-41(42)30-34)45-47-43(31-16-5-1-6-17-31)46-44(48-45)32-18-7-2-8-19-32;43-44(29-19-9-3-10-20-29,30-21-11-4-12-22-30)31-25-33(36-32-23-13-14-24-34(32)45-35(36)26-31)39-41-37(27-15-5-1-6-16-27)40-38(42-39)28-17-7-2-8-18-28/h1-30H;1-26H. The van der Waals surface area contributed by atoms with Gasteiger partial charge in [0.15, 0.2) is 49.2 Å². The molecule has 4 aromatic heterocycles. The minimum atomic E-state index is -3.28. The first-order chi connectivity index (χ1) is 47.3. The zero-order valence-electron chi connectivity index (χ0n) is 51.5. The van der Waals surface area contributed by atoms with Gasteiger partial charge in [-0.1, -0.05) is 297 Å². The van der Waals surface area contributed by atoms with Crippen LogP contribution in [0.4, 0.5) is 0 Å². The molecule has 0 bridgehead atoms. The predicted molar refractivity (Wildman–Crippen MR) is 402 cm³/mol. The fraction of sp³-hybridized carbons (Fsp3) is 0. The van der Waals surface area contributed by atoms with Crippen molar-refractivity contribution in [3.05, 3.63) is 340 Å². The lowest BCUT2D eigenvalue weighted by Gasteiger charge is -2.21. The van der Waals surface area contributed by atoms with Gasteiger partial charge < -0.3 is 9.13 Å². The van der Waals surface area contributed by atoms with Crippen LogP contribution in [0.1, 0.15) is 0 Å². The highest BCUT2D eigenvalue weighted by atomic mass is 32.1. The minimum absolute atomic E-state index is 0.547. The van der Waals surface area contributed by atoms with E-state index >= 15 is 9.13 Å². The van der Waals surface area contributed by atoms with Crippen LogP contribution in [-0.2, 0) is 9.13 Å². The monoisotopic (exact) mass is 1310 g/mol. The molecule has 0 radical (unpaired) electrons. The molecule has 0 aliphatic carbocycles. The highest BCUT2D eigenvalue weighted by molar-refractivity contribution is 7.85. The second-order valence-electron chi connectivity index (χ2n) is 23.1. The zero-order valence-corrected chi connectivity index (χ0v) is 55.0.